The highest BCUT2D eigenvalue weighted by Gasteiger charge is 2.36. The number of nitrogens with zero attached hydrogens (tertiary/aromatic N) is 2. The topological polar surface area (TPSA) is 75.4 Å². The number of aromatic nitrogens is 1. The second-order valence-electron chi connectivity index (χ2n) is 8.15. The second kappa shape index (κ2) is 8.35. The van der Waals surface area contributed by atoms with Gasteiger partial charge in [-0.1, -0.05) is 30.5 Å². The molecule has 1 amide bonds. The molecule has 4 rings (SSSR count). The predicted octanol–water partition coefficient (Wildman–Crippen LogP) is 3.81. The molecule has 1 saturated carbocycles. The van der Waals surface area contributed by atoms with Crippen molar-refractivity contribution in [2.45, 2.75) is 51.5 Å². The normalized spacial score (nSPS) is 18.9. The zero-order valence-electron chi connectivity index (χ0n) is 16.6. The third-order valence-electron chi connectivity index (χ3n) is 5.93. The first-order chi connectivity index (χ1) is 14.0. The Balaban J connectivity index is 1.53. The van der Waals surface area contributed by atoms with Gasteiger partial charge in [-0.3, -0.25) is 9.59 Å². The summed E-state index contributed by atoms with van der Waals surface area (Å²) in [6.07, 6.45) is 5.70. The van der Waals surface area contributed by atoms with Gasteiger partial charge in [0.25, 0.3) is 5.91 Å². The maximum Gasteiger partial charge on any atom is 0.291 e. The van der Waals surface area contributed by atoms with Gasteiger partial charge in [0.2, 0.25) is 5.78 Å². The van der Waals surface area contributed by atoms with E-state index in [9.17, 15) is 14.0 Å². The van der Waals surface area contributed by atoms with Crippen molar-refractivity contribution >= 4 is 17.4 Å². The number of hydrogen-bond acceptors (Lipinski definition) is 5. The van der Waals surface area contributed by atoms with Crippen molar-refractivity contribution in [3.05, 3.63) is 47.1 Å². The number of amides is 1. The van der Waals surface area contributed by atoms with E-state index in [0.29, 0.717) is 41.7 Å². The van der Waals surface area contributed by atoms with Crippen molar-refractivity contribution in [1.82, 2.24) is 10.1 Å². The maximum atomic E-state index is 13.5. The van der Waals surface area contributed by atoms with Crippen LogP contribution < -0.4 is 5.32 Å². The Bertz CT molecular complexity index is 904. The molecule has 1 N–H and O–H groups in total. The third-order valence-corrected chi connectivity index (χ3v) is 5.93. The lowest BCUT2D eigenvalue weighted by molar-refractivity contribution is -0.146. The highest BCUT2D eigenvalue weighted by atomic mass is 19.1. The molecule has 0 radical (unpaired) electrons. The first kappa shape index (κ1) is 19.6. The molecule has 1 fully saturated rings. The molecule has 1 aromatic carbocycles. The fourth-order valence-electron chi connectivity index (χ4n) is 4.43. The third kappa shape index (κ3) is 4.33. The Morgan fingerprint density at radius 3 is 2.76 bits per heavy atom. The average Bonchev–Trinajstić information content (AvgIpc) is 3.32. The van der Waals surface area contributed by atoms with Gasteiger partial charge in [0, 0.05) is 24.8 Å². The summed E-state index contributed by atoms with van der Waals surface area (Å²) in [6, 6.07) is 6.08. The minimum Gasteiger partial charge on any atom is -0.384 e. The molecule has 154 valence electrons. The molecule has 0 bridgehead atoms. The molecule has 7 heteroatoms. The van der Waals surface area contributed by atoms with Crippen LogP contribution in [0.3, 0.4) is 0 Å². The molecule has 0 spiro atoms. The van der Waals surface area contributed by atoms with Crippen molar-refractivity contribution in [1.29, 1.82) is 0 Å². The number of benzene rings is 1. The van der Waals surface area contributed by atoms with E-state index in [4.69, 9.17) is 4.52 Å². The van der Waals surface area contributed by atoms with E-state index >= 15 is 0 Å². The first-order valence-corrected chi connectivity index (χ1v) is 10.3. The monoisotopic (exact) mass is 399 g/mol. The van der Waals surface area contributed by atoms with E-state index in [-0.39, 0.29) is 12.4 Å². The van der Waals surface area contributed by atoms with Crippen LogP contribution in [-0.2, 0) is 16.1 Å². The number of nitrogens with one attached hydrogen (secondary N) is 1. The number of halogens is 1. The molecule has 1 aliphatic heterocycles. The lowest BCUT2D eigenvalue weighted by Gasteiger charge is -2.29. The SMILES string of the molecule is Cc1cc(CN(CC2CCCCC2)C(=O)C(=O)C2CNc3cc(F)ccc32)no1. The number of carbonyl (C=O) groups is 2. The van der Waals surface area contributed by atoms with Crippen LogP contribution >= 0.6 is 0 Å². The Labute approximate surface area is 169 Å². The van der Waals surface area contributed by atoms with E-state index in [1.165, 1.54) is 18.6 Å². The van der Waals surface area contributed by atoms with E-state index in [0.717, 1.165) is 25.7 Å². The van der Waals surface area contributed by atoms with E-state index in [1.807, 2.05) is 0 Å². The van der Waals surface area contributed by atoms with E-state index in [1.54, 1.807) is 24.0 Å². The van der Waals surface area contributed by atoms with Crippen LogP contribution in [-0.4, -0.2) is 34.8 Å². The summed E-state index contributed by atoms with van der Waals surface area (Å²) in [5.74, 6) is -0.843. The summed E-state index contributed by atoms with van der Waals surface area (Å²) in [4.78, 5) is 27.9. The molecule has 2 aromatic rings. The Morgan fingerprint density at radius 2 is 2.03 bits per heavy atom. The summed E-state index contributed by atoms with van der Waals surface area (Å²) in [6.45, 7) is 2.92. The molecule has 29 heavy (non-hydrogen) atoms. The minimum absolute atomic E-state index is 0.259. The van der Waals surface area contributed by atoms with Crippen molar-refractivity contribution in [2.24, 2.45) is 5.92 Å². The lowest BCUT2D eigenvalue weighted by Crippen LogP contribution is -2.42. The van der Waals surface area contributed by atoms with Crippen molar-refractivity contribution < 1.29 is 18.5 Å². The average molecular weight is 399 g/mol. The van der Waals surface area contributed by atoms with Gasteiger partial charge in [0.15, 0.2) is 0 Å². The van der Waals surface area contributed by atoms with Crippen LogP contribution in [0.4, 0.5) is 10.1 Å². The number of ketones is 1. The van der Waals surface area contributed by atoms with Gasteiger partial charge < -0.3 is 14.7 Å². The molecule has 2 aliphatic rings. The van der Waals surface area contributed by atoms with Gasteiger partial charge in [0.1, 0.15) is 17.3 Å². The van der Waals surface area contributed by atoms with Gasteiger partial charge in [-0.2, -0.15) is 0 Å². The fourth-order valence-corrected chi connectivity index (χ4v) is 4.43. The lowest BCUT2D eigenvalue weighted by atomic mass is 9.88. The number of rotatable bonds is 6. The molecule has 1 atom stereocenters. The molecular formula is C22H26FN3O3. The van der Waals surface area contributed by atoms with Crippen LogP contribution in [0.1, 0.15) is 55.0 Å². The summed E-state index contributed by atoms with van der Waals surface area (Å²) in [7, 11) is 0. The van der Waals surface area contributed by atoms with Crippen LogP contribution in [0.25, 0.3) is 0 Å². The number of anilines is 1. The van der Waals surface area contributed by atoms with Crippen molar-refractivity contribution in [2.75, 3.05) is 18.4 Å². The number of Topliss-reactive ketones (excluding diaryl/α,β-unsaturated/α-hetero) is 1. The van der Waals surface area contributed by atoms with Gasteiger partial charge in [-0.15, -0.1) is 0 Å². The van der Waals surface area contributed by atoms with Crippen molar-refractivity contribution in [3.8, 4) is 0 Å². The van der Waals surface area contributed by atoms with Gasteiger partial charge in [-0.05, 0) is 43.4 Å². The summed E-state index contributed by atoms with van der Waals surface area (Å²) in [5, 5.41) is 7.04. The highest BCUT2D eigenvalue weighted by molar-refractivity contribution is 6.38. The second-order valence-corrected chi connectivity index (χ2v) is 8.15. The minimum atomic E-state index is -0.592. The largest absolute Gasteiger partial charge is 0.384 e. The standard InChI is InChI=1S/C22H26FN3O3/c1-14-9-17(25-29-14)13-26(12-15-5-3-2-4-6-15)22(28)21(27)19-11-24-20-10-16(23)7-8-18(19)20/h7-10,15,19,24H,2-6,11-13H2,1H3. The molecule has 1 aliphatic carbocycles. The van der Waals surface area contributed by atoms with Crippen LogP contribution in [0.5, 0.6) is 0 Å². The summed E-state index contributed by atoms with van der Waals surface area (Å²) in [5.41, 5.74) is 1.91. The fraction of sp³-hybridized carbons (Fsp3) is 0.500. The highest BCUT2D eigenvalue weighted by Crippen LogP contribution is 2.33. The smallest absolute Gasteiger partial charge is 0.291 e. The van der Waals surface area contributed by atoms with Gasteiger partial charge in [0.05, 0.1) is 12.5 Å². The summed E-state index contributed by atoms with van der Waals surface area (Å²) >= 11 is 0. The van der Waals surface area contributed by atoms with E-state index < -0.39 is 17.6 Å². The zero-order valence-corrected chi connectivity index (χ0v) is 16.6. The molecular weight excluding hydrogens is 373 g/mol. The summed E-state index contributed by atoms with van der Waals surface area (Å²) < 4.78 is 18.6. The number of carbonyl (C=O) groups excluding carboxylic acids is 2. The molecule has 1 unspecified atom stereocenters. The number of fused-ring (bicyclic) bond motifs is 1. The predicted molar refractivity (Wildman–Crippen MR) is 106 cm³/mol. The van der Waals surface area contributed by atoms with Crippen LogP contribution in [0, 0.1) is 18.7 Å². The quantitative estimate of drug-likeness (QED) is 0.748. The van der Waals surface area contributed by atoms with Gasteiger partial charge >= 0.3 is 0 Å². The zero-order chi connectivity index (χ0) is 20.4. The first-order valence-electron chi connectivity index (χ1n) is 10.3. The molecule has 0 saturated heterocycles. The van der Waals surface area contributed by atoms with Gasteiger partial charge in [-0.25, -0.2) is 4.39 Å². The Hall–Kier alpha value is -2.70. The Morgan fingerprint density at radius 1 is 1.24 bits per heavy atom. The number of hydrogen-bond donors (Lipinski definition) is 1. The van der Waals surface area contributed by atoms with E-state index in [2.05, 4.69) is 10.5 Å². The van der Waals surface area contributed by atoms with Crippen LogP contribution in [0.15, 0.2) is 28.8 Å². The Kier molecular flexibility index (Phi) is 5.65. The number of aryl methyl sites for hydroxylation is 1. The maximum absolute atomic E-state index is 13.5. The molecule has 1 aromatic heterocycles. The molecule has 2 heterocycles. The van der Waals surface area contributed by atoms with Crippen molar-refractivity contribution in [3.63, 3.8) is 0 Å². The molecule has 6 nitrogen and oxygen atoms in total. The van der Waals surface area contributed by atoms with Crippen LogP contribution in [0.2, 0.25) is 0 Å².